The molecule has 1 aliphatic heterocycles. The lowest BCUT2D eigenvalue weighted by Crippen LogP contribution is -2.29. The molecule has 1 aromatic carbocycles. The minimum Gasteiger partial charge on any atom is -0.481 e. The summed E-state index contributed by atoms with van der Waals surface area (Å²) in [6.45, 7) is 3.67. The van der Waals surface area contributed by atoms with E-state index in [1.807, 2.05) is 0 Å². The standard InChI is InChI=1S/C17H18F3N3O3/c1-9(2)23-13-4-3-10(7-12(13)21-16(23)17(18,19)20)14(24)22-6-5-11(8-22)15(25)26/h3-4,7,9,11H,5-6,8H2,1-2H3,(H,25,26). The van der Waals surface area contributed by atoms with Crippen molar-refractivity contribution in [2.75, 3.05) is 13.1 Å². The zero-order valence-electron chi connectivity index (χ0n) is 14.2. The Morgan fingerprint density at radius 2 is 2.00 bits per heavy atom. The Morgan fingerprint density at radius 1 is 1.31 bits per heavy atom. The second-order valence-electron chi connectivity index (χ2n) is 6.68. The first-order chi connectivity index (χ1) is 12.1. The van der Waals surface area contributed by atoms with Crippen molar-refractivity contribution in [2.45, 2.75) is 32.5 Å². The van der Waals surface area contributed by atoms with Crippen LogP contribution in [0.5, 0.6) is 0 Å². The van der Waals surface area contributed by atoms with Crippen molar-refractivity contribution in [3.63, 3.8) is 0 Å². The summed E-state index contributed by atoms with van der Waals surface area (Å²) in [5.74, 6) is -2.97. The Hall–Kier alpha value is -2.58. The molecule has 1 fully saturated rings. The molecule has 0 spiro atoms. The highest BCUT2D eigenvalue weighted by Gasteiger charge is 2.38. The summed E-state index contributed by atoms with van der Waals surface area (Å²) < 4.78 is 40.9. The Kier molecular flexibility index (Phi) is 4.41. The number of carboxylic acids is 1. The van der Waals surface area contributed by atoms with E-state index >= 15 is 0 Å². The first-order valence-electron chi connectivity index (χ1n) is 8.21. The van der Waals surface area contributed by atoms with Crippen molar-refractivity contribution >= 4 is 22.9 Å². The molecule has 0 bridgehead atoms. The fourth-order valence-electron chi connectivity index (χ4n) is 3.28. The number of hydrogen-bond donors (Lipinski definition) is 1. The molecule has 2 aromatic rings. The zero-order chi connectivity index (χ0) is 19.2. The number of likely N-dealkylation sites (tertiary alicyclic amines) is 1. The predicted molar refractivity (Wildman–Crippen MR) is 86.8 cm³/mol. The van der Waals surface area contributed by atoms with Crippen LogP contribution in [0.4, 0.5) is 13.2 Å². The molecule has 140 valence electrons. The van der Waals surface area contributed by atoms with Gasteiger partial charge in [-0.3, -0.25) is 9.59 Å². The van der Waals surface area contributed by atoms with Crippen molar-refractivity contribution in [3.05, 3.63) is 29.6 Å². The number of halogens is 3. The second-order valence-corrected chi connectivity index (χ2v) is 6.68. The minimum atomic E-state index is -4.60. The maximum absolute atomic E-state index is 13.3. The molecule has 1 saturated heterocycles. The first kappa shape index (κ1) is 18.2. The van der Waals surface area contributed by atoms with Crippen LogP contribution < -0.4 is 0 Å². The van der Waals surface area contributed by atoms with Gasteiger partial charge in [-0.1, -0.05) is 0 Å². The van der Waals surface area contributed by atoms with Crippen LogP contribution in [0.25, 0.3) is 11.0 Å². The van der Waals surface area contributed by atoms with Gasteiger partial charge in [0.2, 0.25) is 5.82 Å². The lowest BCUT2D eigenvalue weighted by Gasteiger charge is -2.16. The van der Waals surface area contributed by atoms with Crippen LogP contribution in [0.3, 0.4) is 0 Å². The van der Waals surface area contributed by atoms with Gasteiger partial charge in [0.15, 0.2) is 0 Å². The van der Waals surface area contributed by atoms with Crippen LogP contribution in [-0.2, 0) is 11.0 Å². The SMILES string of the molecule is CC(C)n1c(C(F)(F)F)nc2cc(C(=O)N3CCC(C(=O)O)C3)ccc21. The van der Waals surface area contributed by atoms with E-state index < -0.39 is 35.8 Å². The van der Waals surface area contributed by atoms with Crippen molar-refractivity contribution in [2.24, 2.45) is 5.92 Å². The van der Waals surface area contributed by atoms with Crippen LogP contribution in [0.2, 0.25) is 0 Å². The molecule has 1 unspecified atom stereocenters. The molecule has 0 radical (unpaired) electrons. The Bertz CT molecular complexity index is 873. The molecule has 1 aliphatic rings. The maximum Gasteiger partial charge on any atom is 0.449 e. The number of carbonyl (C=O) groups excluding carboxylic acids is 1. The van der Waals surface area contributed by atoms with Crippen molar-refractivity contribution < 1.29 is 27.9 Å². The molecule has 1 amide bonds. The second kappa shape index (κ2) is 6.30. The number of rotatable bonds is 3. The maximum atomic E-state index is 13.3. The summed E-state index contributed by atoms with van der Waals surface area (Å²) in [7, 11) is 0. The lowest BCUT2D eigenvalue weighted by atomic mass is 10.1. The highest BCUT2D eigenvalue weighted by Crippen LogP contribution is 2.34. The van der Waals surface area contributed by atoms with Gasteiger partial charge < -0.3 is 14.6 Å². The van der Waals surface area contributed by atoms with Gasteiger partial charge in [-0.05, 0) is 38.5 Å². The van der Waals surface area contributed by atoms with Crippen molar-refractivity contribution in [3.8, 4) is 0 Å². The van der Waals surface area contributed by atoms with Gasteiger partial charge in [0.25, 0.3) is 5.91 Å². The molecule has 3 rings (SSSR count). The van der Waals surface area contributed by atoms with Gasteiger partial charge >= 0.3 is 12.1 Å². The zero-order valence-corrected chi connectivity index (χ0v) is 14.2. The van der Waals surface area contributed by atoms with E-state index in [-0.39, 0.29) is 17.6 Å². The molecule has 1 aromatic heterocycles. The summed E-state index contributed by atoms with van der Waals surface area (Å²) in [5, 5.41) is 9.03. The van der Waals surface area contributed by atoms with E-state index in [4.69, 9.17) is 5.11 Å². The smallest absolute Gasteiger partial charge is 0.449 e. The van der Waals surface area contributed by atoms with Gasteiger partial charge in [-0.25, -0.2) is 4.98 Å². The normalized spacial score (nSPS) is 18.1. The number of carbonyl (C=O) groups is 2. The number of imidazole rings is 1. The van der Waals surface area contributed by atoms with E-state index in [9.17, 15) is 22.8 Å². The first-order valence-corrected chi connectivity index (χ1v) is 8.21. The van der Waals surface area contributed by atoms with Gasteiger partial charge in [0.05, 0.1) is 17.0 Å². The Balaban J connectivity index is 1.97. The molecule has 26 heavy (non-hydrogen) atoms. The quantitative estimate of drug-likeness (QED) is 0.902. The minimum absolute atomic E-state index is 0.0888. The number of alkyl halides is 3. The molecule has 2 heterocycles. The number of amides is 1. The molecule has 6 nitrogen and oxygen atoms in total. The molecular weight excluding hydrogens is 351 g/mol. The van der Waals surface area contributed by atoms with Crippen LogP contribution in [0, 0.1) is 5.92 Å². The highest BCUT2D eigenvalue weighted by atomic mass is 19.4. The number of hydrogen-bond acceptors (Lipinski definition) is 3. The largest absolute Gasteiger partial charge is 0.481 e. The van der Waals surface area contributed by atoms with Crippen molar-refractivity contribution in [1.29, 1.82) is 0 Å². The van der Waals surface area contributed by atoms with Gasteiger partial charge in [0, 0.05) is 24.7 Å². The third kappa shape index (κ3) is 3.13. The van der Waals surface area contributed by atoms with Gasteiger partial charge in [0.1, 0.15) is 0 Å². The van der Waals surface area contributed by atoms with Gasteiger partial charge in [-0.2, -0.15) is 13.2 Å². The average molecular weight is 369 g/mol. The summed E-state index contributed by atoms with van der Waals surface area (Å²) in [5.41, 5.74) is 0.588. The van der Waals surface area contributed by atoms with E-state index in [1.165, 1.54) is 23.1 Å². The molecular formula is C17H18F3N3O3. The van der Waals surface area contributed by atoms with E-state index in [1.54, 1.807) is 13.8 Å². The van der Waals surface area contributed by atoms with E-state index in [0.717, 1.165) is 4.57 Å². The van der Waals surface area contributed by atoms with Crippen molar-refractivity contribution in [1.82, 2.24) is 14.5 Å². The summed E-state index contributed by atoms with van der Waals surface area (Å²) in [4.78, 5) is 28.7. The number of nitrogens with zero attached hydrogens (tertiary/aromatic N) is 3. The molecule has 1 N–H and O–H groups in total. The topological polar surface area (TPSA) is 75.4 Å². The van der Waals surface area contributed by atoms with Gasteiger partial charge in [-0.15, -0.1) is 0 Å². The molecule has 9 heteroatoms. The number of benzene rings is 1. The molecule has 0 aliphatic carbocycles. The van der Waals surface area contributed by atoms with Crippen LogP contribution in [0.15, 0.2) is 18.2 Å². The third-order valence-electron chi connectivity index (χ3n) is 4.53. The number of fused-ring (bicyclic) bond motifs is 1. The predicted octanol–water partition coefficient (Wildman–Crippen LogP) is 3.18. The van der Waals surface area contributed by atoms with E-state index in [0.29, 0.717) is 18.5 Å². The molecule has 1 atom stereocenters. The summed E-state index contributed by atoms with van der Waals surface area (Å²) in [6.07, 6.45) is -4.24. The fraction of sp³-hybridized carbons (Fsp3) is 0.471. The fourth-order valence-corrected chi connectivity index (χ4v) is 3.28. The monoisotopic (exact) mass is 369 g/mol. The number of carboxylic acid groups (broad SMARTS) is 1. The van der Waals surface area contributed by atoms with Crippen LogP contribution in [-0.4, -0.2) is 44.5 Å². The summed E-state index contributed by atoms with van der Waals surface area (Å²) >= 11 is 0. The lowest BCUT2D eigenvalue weighted by molar-refractivity contribution is -0.147. The number of aromatic nitrogens is 2. The summed E-state index contributed by atoms with van der Waals surface area (Å²) in [6, 6.07) is 3.79. The third-order valence-corrected chi connectivity index (χ3v) is 4.53. The molecule has 0 saturated carbocycles. The number of aliphatic carboxylic acids is 1. The Morgan fingerprint density at radius 3 is 2.54 bits per heavy atom. The Labute approximate surface area is 147 Å². The van der Waals surface area contributed by atoms with Crippen LogP contribution >= 0.6 is 0 Å². The average Bonchev–Trinajstić information content (AvgIpc) is 3.17. The van der Waals surface area contributed by atoms with E-state index in [2.05, 4.69) is 4.98 Å². The van der Waals surface area contributed by atoms with Crippen LogP contribution in [0.1, 0.15) is 42.5 Å². The highest BCUT2D eigenvalue weighted by molar-refractivity contribution is 5.98.